The molecule has 2 aromatic heterocycles. The third kappa shape index (κ3) is 4.51. The van der Waals surface area contributed by atoms with Crippen LogP contribution in [0, 0.1) is 5.92 Å². The number of ether oxygens (including phenoxy) is 1. The summed E-state index contributed by atoms with van der Waals surface area (Å²) in [5.41, 5.74) is 1.12. The number of carbonyl (C=O) groups is 1. The number of rotatable bonds is 8. The van der Waals surface area contributed by atoms with Crippen molar-refractivity contribution in [2.45, 2.75) is 24.0 Å². The lowest BCUT2D eigenvalue weighted by Crippen LogP contribution is -2.31. The maximum absolute atomic E-state index is 12.5. The van der Waals surface area contributed by atoms with Gasteiger partial charge in [0.2, 0.25) is 11.1 Å². The first-order valence-electron chi connectivity index (χ1n) is 8.75. The molecule has 3 aromatic rings. The van der Waals surface area contributed by atoms with E-state index in [4.69, 9.17) is 4.74 Å². The molecule has 140 valence electrons. The van der Waals surface area contributed by atoms with Crippen LogP contribution in [0.25, 0.3) is 10.7 Å². The highest BCUT2D eigenvalue weighted by Crippen LogP contribution is 2.41. The highest BCUT2D eigenvalue weighted by atomic mass is 32.2. The monoisotopic (exact) mass is 400 g/mol. The molecule has 0 spiro atoms. The molecule has 1 fully saturated rings. The number of thioether (sulfide) groups is 1. The first-order valence-corrected chi connectivity index (χ1v) is 10.6. The van der Waals surface area contributed by atoms with E-state index < -0.39 is 0 Å². The Morgan fingerprint density at radius 1 is 1.37 bits per heavy atom. The smallest absolute Gasteiger partial charge is 0.230 e. The van der Waals surface area contributed by atoms with Gasteiger partial charge >= 0.3 is 0 Å². The summed E-state index contributed by atoms with van der Waals surface area (Å²) in [6.07, 6.45) is 2.30. The van der Waals surface area contributed by atoms with Gasteiger partial charge < -0.3 is 10.1 Å². The minimum atomic E-state index is -0.00445. The molecule has 27 heavy (non-hydrogen) atoms. The normalized spacial score (nSPS) is 14.7. The van der Waals surface area contributed by atoms with Crippen LogP contribution in [0.4, 0.5) is 0 Å². The molecule has 1 aliphatic carbocycles. The molecule has 2 N–H and O–H groups in total. The number of nitrogens with zero attached hydrogens (tertiary/aromatic N) is 2. The number of carbonyl (C=O) groups excluding carboxylic acids is 1. The van der Waals surface area contributed by atoms with E-state index in [0.29, 0.717) is 16.8 Å². The first-order chi connectivity index (χ1) is 13.2. The Kier molecular flexibility index (Phi) is 5.45. The topological polar surface area (TPSA) is 79.9 Å². The summed E-state index contributed by atoms with van der Waals surface area (Å²) in [5, 5.41) is 12.9. The van der Waals surface area contributed by atoms with E-state index in [1.165, 1.54) is 11.8 Å². The average molecular weight is 401 g/mol. The highest BCUT2D eigenvalue weighted by Gasteiger charge is 2.33. The van der Waals surface area contributed by atoms with E-state index in [2.05, 4.69) is 20.5 Å². The standard InChI is InChI=1S/C19H20N4O2S2/c1-25-14-8-6-13(7-9-14)17(12-4-5-12)20-16(24)11-27-19-21-18(22-23-19)15-3-2-10-26-15/h2-3,6-10,12,17H,4-5,11H2,1H3,(H,20,24)(H,21,22,23). The summed E-state index contributed by atoms with van der Waals surface area (Å²) in [6.45, 7) is 0. The Labute approximate surface area is 165 Å². The van der Waals surface area contributed by atoms with Gasteiger partial charge in [-0.2, -0.15) is 0 Å². The van der Waals surface area contributed by atoms with Crippen molar-refractivity contribution in [2.24, 2.45) is 5.92 Å². The van der Waals surface area contributed by atoms with Crippen LogP contribution in [0.5, 0.6) is 5.75 Å². The molecule has 4 rings (SSSR count). The van der Waals surface area contributed by atoms with Gasteiger partial charge in [-0.3, -0.25) is 9.89 Å². The van der Waals surface area contributed by atoms with Crippen molar-refractivity contribution >= 4 is 29.0 Å². The molecule has 6 nitrogen and oxygen atoms in total. The quantitative estimate of drug-likeness (QED) is 0.561. The predicted octanol–water partition coefficient (Wildman–Crippen LogP) is 3.90. The summed E-state index contributed by atoms with van der Waals surface area (Å²) in [7, 11) is 1.65. The van der Waals surface area contributed by atoms with Crippen molar-refractivity contribution in [1.29, 1.82) is 0 Å². The van der Waals surface area contributed by atoms with Gasteiger partial charge in [-0.15, -0.1) is 16.4 Å². The molecule has 1 amide bonds. The fourth-order valence-electron chi connectivity index (χ4n) is 2.89. The Hall–Kier alpha value is -2.32. The van der Waals surface area contributed by atoms with Crippen LogP contribution < -0.4 is 10.1 Å². The number of hydrogen-bond acceptors (Lipinski definition) is 6. The van der Waals surface area contributed by atoms with E-state index in [9.17, 15) is 4.79 Å². The number of thiophene rings is 1. The second-order valence-electron chi connectivity index (χ2n) is 6.39. The zero-order chi connectivity index (χ0) is 18.6. The highest BCUT2D eigenvalue weighted by molar-refractivity contribution is 7.99. The average Bonchev–Trinajstić information content (AvgIpc) is 3.19. The van der Waals surface area contributed by atoms with Crippen LogP contribution in [-0.4, -0.2) is 34.0 Å². The van der Waals surface area contributed by atoms with Crippen molar-refractivity contribution in [3.63, 3.8) is 0 Å². The Balaban J connectivity index is 1.34. The van der Waals surface area contributed by atoms with Crippen LogP contribution in [0.3, 0.4) is 0 Å². The summed E-state index contributed by atoms with van der Waals surface area (Å²) < 4.78 is 5.22. The van der Waals surface area contributed by atoms with Crippen LogP contribution in [0.2, 0.25) is 0 Å². The zero-order valence-electron chi connectivity index (χ0n) is 14.8. The van der Waals surface area contributed by atoms with Gasteiger partial charge in [0.15, 0.2) is 5.82 Å². The Morgan fingerprint density at radius 2 is 2.19 bits per heavy atom. The van der Waals surface area contributed by atoms with Crippen molar-refractivity contribution in [1.82, 2.24) is 20.5 Å². The number of aromatic nitrogens is 3. The zero-order valence-corrected chi connectivity index (χ0v) is 16.5. The van der Waals surface area contributed by atoms with Crippen LogP contribution in [-0.2, 0) is 4.79 Å². The van der Waals surface area contributed by atoms with Crippen LogP contribution in [0.1, 0.15) is 24.4 Å². The maximum Gasteiger partial charge on any atom is 0.230 e. The van der Waals surface area contributed by atoms with Crippen LogP contribution in [0.15, 0.2) is 46.9 Å². The van der Waals surface area contributed by atoms with Gasteiger partial charge in [0, 0.05) is 0 Å². The maximum atomic E-state index is 12.5. The number of amides is 1. The second kappa shape index (κ2) is 8.14. The number of H-pyrrole nitrogens is 1. The van der Waals surface area contributed by atoms with E-state index in [0.717, 1.165) is 34.9 Å². The summed E-state index contributed by atoms with van der Waals surface area (Å²) in [6, 6.07) is 11.9. The number of hydrogen-bond donors (Lipinski definition) is 2. The molecule has 1 atom stereocenters. The molecule has 1 saturated carbocycles. The summed E-state index contributed by atoms with van der Waals surface area (Å²) >= 11 is 2.94. The van der Waals surface area contributed by atoms with Gasteiger partial charge in [-0.1, -0.05) is 30.0 Å². The third-order valence-corrected chi connectivity index (χ3v) is 6.16. The van der Waals surface area contributed by atoms with Gasteiger partial charge in [-0.05, 0) is 47.9 Å². The van der Waals surface area contributed by atoms with E-state index in [1.807, 2.05) is 41.8 Å². The SMILES string of the molecule is COc1ccc(C(NC(=O)CSc2n[nH]c(-c3cccs3)n2)C2CC2)cc1. The Bertz CT molecular complexity index is 889. The fourth-order valence-corrected chi connectivity index (χ4v) is 4.17. The summed E-state index contributed by atoms with van der Waals surface area (Å²) in [5.74, 6) is 2.36. The van der Waals surface area contributed by atoms with Crippen molar-refractivity contribution in [3.8, 4) is 16.5 Å². The van der Waals surface area contributed by atoms with Crippen molar-refractivity contribution < 1.29 is 9.53 Å². The lowest BCUT2D eigenvalue weighted by Gasteiger charge is -2.19. The van der Waals surface area contributed by atoms with Gasteiger partial charge in [-0.25, -0.2) is 4.98 Å². The first kappa shape index (κ1) is 18.1. The molecule has 1 aliphatic rings. The molecule has 1 unspecified atom stereocenters. The molecule has 8 heteroatoms. The molecular weight excluding hydrogens is 380 g/mol. The molecule has 2 heterocycles. The van der Waals surface area contributed by atoms with E-state index >= 15 is 0 Å². The minimum Gasteiger partial charge on any atom is -0.497 e. The van der Waals surface area contributed by atoms with Gasteiger partial charge in [0.1, 0.15) is 5.75 Å². The lowest BCUT2D eigenvalue weighted by atomic mass is 10.0. The van der Waals surface area contributed by atoms with Gasteiger partial charge in [0.25, 0.3) is 0 Å². The molecule has 0 radical (unpaired) electrons. The van der Waals surface area contributed by atoms with Gasteiger partial charge in [0.05, 0.1) is 23.8 Å². The van der Waals surface area contributed by atoms with Crippen molar-refractivity contribution in [3.05, 3.63) is 47.3 Å². The fraction of sp³-hybridized carbons (Fsp3) is 0.316. The third-order valence-electron chi connectivity index (χ3n) is 4.44. The predicted molar refractivity (Wildman–Crippen MR) is 107 cm³/mol. The Morgan fingerprint density at radius 3 is 2.85 bits per heavy atom. The number of benzene rings is 1. The van der Waals surface area contributed by atoms with E-state index in [1.54, 1.807) is 18.4 Å². The minimum absolute atomic E-state index is 0.00445. The number of aromatic amines is 1. The lowest BCUT2D eigenvalue weighted by molar-refractivity contribution is -0.119. The molecule has 0 aliphatic heterocycles. The van der Waals surface area contributed by atoms with E-state index in [-0.39, 0.29) is 11.9 Å². The molecule has 1 aromatic carbocycles. The molecule has 0 saturated heterocycles. The number of nitrogens with one attached hydrogen (secondary N) is 2. The molecule has 0 bridgehead atoms. The second-order valence-corrected chi connectivity index (χ2v) is 8.28. The van der Waals surface area contributed by atoms with Crippen molar-refractivity contribution in [2.75, 3.05) is 12.9 Å². The van der Waals surface area contributed by atoms with Crippen LogP contribution >= 0.6 is 23.1 Å². The molecular formula is C19H20N4O2S2. The largest absolute Gasteiger partial charge is 0.497 e. The number of methoxy groups -OCH3 is 1. The summed E-state index contributed by atoms with van der Waals surface area (Å²) in [4.78, 5) is 17.9.